The fourth-order valence-electron chi connectivity index (χ4n) is 3.27. The maximum Gasteiger partial charge on any atom is 0.323 e. The zero-order chi connectivity index (χ0) is 17.2. The van der Waals surface area contributed by atoms with E-state index in [1.807, 2.05) is 36.4 Å². The van der Waals surface area contributed by atoms with E-state index in [0.717, 1.165) is 41.8 Å². The SMILES string of the molecule is CN1CCc2ccc(NC(=O)Nc3ccnc4ccccc34)cc2C1. The molecule has 0 bridgehead atoms. The van der Waals surface area contributed by atoms with Gasteiger partial charge in [0.05, 0.1) is 11.2 Å². The van der Waals surface area contributed by atoms with Gasteiger partial charge in [-0.2, -0.15) is 0 Å². The molecule has 1 aliphatic rings. The number of urea groups is 1. The molecular weight excluding hydrogens is 312 g/mol. The van der Waals surface area contributed by atoms with Gasteiger partial charge in [-0.05, 0) is 48.9 Å². The van der Waals surface area contributed by atoms with Gasteiger partial charge < -0.3 is 15.5 Å². The Morgan fingerprint density at radius 1 is 1.08 bits per heavy atom. The third-order valence-corrected chi connectivity index (χ3v) is 4.56. The highest BCUT2D eigenvalue weighted by atomic mass is 16.2. The van der Waals surface area contributed by atoms with Crippen LogP contribution >= 0.6 is 0 Å². The van der Waals surface area contributed by atoms with Crippen LogP contribution in [0.25, 0.3) is 10.9 Å². The summed E-state index contributed by atoms with van der Waals surface area (Å²) >= 11 is 0. The zero-order valence-corrected chi connectivity index (χ0v) is 14.1. The van der Waals surface area contributed by atoms with Gasteiger partial charge in [0, 0.05) is 30.4 Å². The molecule has 0 spiro atoms. The Kier molecular flexibility index (Phi) is 4.07. The Balaban J connectivity index is 1.51. The number of hydrogen-bond acceptors (Lipinski definition) is 3. The summed E-state index contributed by atoms with van der Waals surface area (Å²) in [6.07, 6.45) is 2.76. The van der Waals surface area contributed by atoms with Crippen molar-refractivity contribution >= 4 is 28.3 Å². The average Bonchev–Trinajstić information content (AvgIpc) is 2.61. The minimum absolute atomic E-state index is 0.250. The van der Waals surface area contributed by atoms with Gasteiger partial charge in [0.2, 0.25) is 0 Å². The minimum atomic E-state index is -0.250. The van der Waals surface area contributed by atoms with E-state index in [2.05, 4.69) is 39.7 Å². The molecule has 2 aromatic carbocycles. The van der Waals surface area contributed by atoms with E-state index in [1.165, 1.54) is 11.1 Å². The number of hydrogen-bond donors (Lipinski definition) is 2. The molecule has 2 amide bonds. The number of benzene rings is 2. The molecule has 0 unspecified atom stereocenters. The summed E-state index contributed by atoms with van der Waals surface area (Å²) in [4.78, 5) is 19.0. The number of nitrogens with zero attached hydrogens (tertiary/aromatic N) is 2. The predicted octanol–water partition coefficient (Wildman–Crippen LogP) is 3.87. The van der Waals surface area contributed by atoms with Gasteiger partial charge in [-0.1, -0.05) is 24.3 Å². The van der Waals surface area contributed by atoms with E-state index in [-0.39, 0.29) is 6.03 Å². The number of pyridine rings is 1. The summed E-state index contributed by atoms with van der Waals surface area (Å²) in [5.74, 6) is 0. The van der Waals surface area contributed by atoms with Crippen molar-refractivity contribution in [3.63, 3.8) is 0 Å². The first kappa shape index (κ1) is 15.6. The number of para-hydroxylation sites is 1. The largest absolute Gasteiger partial charge is 0.323 e. The maximum absolute atomic E-state index is 12.4. The van der Waals surface area contributed by atoms with E-state index in [1.54, 1.807) is 6.20 Å². The third-order valence-electron chi connectivity index (χ3n) is 4.56. The van der Waals surface area contributed by atoms with Gasteiger partial charge in [-0.15, -0.1) is 0 Å². The smallest absolute Gasteiger partial charge is 0.308 e. The number of aromatic nitrogens is 1. The first-order chi connectivity index (χ1) is 12.2. The molecule has 0 saturated carbocycles. The Bertz CT molecular complexity index is 933. The van der Waals surface area contributed by atoms with Crippen molar-refractivity contribution in [2.45, 2.75) is 13.0 Å². The van der Waals surface area contributed by atoms with Crippen molar-refractivity contribution in [3.8, 4) is 0 Å². The molecule has 4 rings (SSSR count). The van der Waals surface area contributed by atoms with Crippen LogP contribution in [0.2, 0.25) is 0 Å². The summed E-state index contributed by atoms with van der Waals surface area (Å²) in [6, 6.07) is 15.5. The van der Waals surface area contributed by atoms with Crippen molar-refractivity contribution in [2.24, 2.45) is 0 Å². The van der Waals surface area contributed by atoms with Crippen LogP contribution in [0.5, 0.6) is 0 Å². The molecule has 0 radical (unpaired) electrons. The monoisotopic (exact) mass is 332 g/mol. The van der Waals surface area contributed by atoms with Crippen molar-refractivity contribution in [1.29, 1.82) is 0 Å². The van der Waals surface area contributed by atoms with E-state index >= 15 is 0 Å². The lowest BCUT2D eigenvalue weighted by Crippen LogP contribution is -2.27. The summed E-state index contributed by atoms with van der Waals surface area (Å²) in [6.45, 7) is 2.00. The Labute approximate surface area is 146 Å². The van der Waals surface area contributed by atoms with Crippen LogP contribution in [-0.2, 0) is 13.0 Å². The minimum Gasteiger partial charge on any atom is -0.308 e. The number of nitrogens with one attached hydrogen (secondary N) is 2. The lowest BCUT2D eigenvalue weighted by molar-refractivity contribution is 0.262. The van der Waals surface area contributed by atoms with Gasteiger partial charge in [-0.25, -0.2) is 4.79 Å². The van der Waals surface area contributed by atoms with Crippen LogP contribution in [0, 0.1) is 0 Å². The molecule has 2 heterocycles. The number of carbonyl (C=O) groups excluding carboxylic acids is 1. The number of fused-ring (bicyclic) bond motifs is 2. The third kappa shape index (κ3) is 3.32. The van der Waals surface area contributed by atoms with Gasteiger partial charge in [-0.3, -0.25) is 4.98 Å². The second-order valence-electron chi connectivity index (χ2n) is 6.43. The van der Waals surface area contributed by atoms with Crippen molar-refractivity contribution in [1.82, 2.24) is 9.88 Å². The fraction of sp³-hybridized carbons (Fsp3) is 0.200. The first-order valence-electron chi connectivity index (χ1n) is 8.41. The first-order valence-corrected chi connectivity index (χ1v) is 8.41. The lowest BCUT2D eigenvalue weighted by Gasteiger charge is -2.25. The molecule has 0 aliphatic carbocycles. The van der Waals surface area contributed by atoms with E-state index in [4.69, 9.17) is 0 Å². The number of anilines is 2. The lowest BCUT2D eigenvalue weighted by atomic mass is 9.99. The fourth-order valence-corrected chi connectivity index (χ4v) is 3.27. The average molecular weight is 332 g/mol. The van der Waals surface area contributed by atoms with Crippen LogP contribution in [0.1, 0.15) is 11.1 Å². The number of rotatable bonds is 2. The molecule has 5 heteroatoms. The second kappa shape index (κ2) is 6.53. The number of carbonyl (C=O) groups is 1. The van der Waals surface area contributed by atoms with E-state index in [9.17, 15) is 4.79 Å². The summed E-state index contributed by atoms with van der Waals surface area (Å²) < 4.78 is 0. The van der Waals surface area contributed by atoms with Gasteiger partial charge >= 0.3 is 6.03 Å². The maximum atomic E-state index is 12.4. The Hall–Kier alpha value is -2.92. The van der Waals surface area contributed by atoms with Crippen molar-refractivity contribution < 1.29 is 4.79 Å². The van der Waals surface area contributed by atoms with Crippen LogP contribution in [0.3, 0.4) is 0 Å². The molecule has 126 valence electrons. The van der Waals surface area contributed by atoms with Crippen LogP contribution in [-0.4, -0.2) is 29.5 Å². The quantitative estimate of drug-likeness (QED) is 0.749. The molecule has 5 nitrogen and oxygen atoms in total. The summed E-state index contributed by atoms with van der Waals surface area (Å²) in [5, 5.41) is 6.78. The van der Waals surface area contributed by atoms with Crippen LogP contribution in [0.15, 0.2) is 54.7 Å². The normalized spacial score (nSPS) is 14.1. The predicted molar refractivity (Wildman–Crippen MR) is 101 cm³/mol. The number of likely N-dealkylation sites (N-methyl/N-ethyl adjacent to an activating group) is 1. The topological polar surface area (TPSA) is 57.3 Å². The summed E-state index contributed by atoms with van der Waals surface area (Å²) in [7, 11) is 2.12. The highest BCUT2D eigenvalue weighted by Crippen LogP contribution is 2.23. The molecule has 1 aliphatic heterocycles. The standard InChI is InChI=1S/C20H20N4O/c1-24-11-9-14-6-7-16(12-15(14)13-24)22-20(25)23-19-8-10-21-18-5-3-2-4-17(18)19/h2-8,10,12H,9,11,13H2,1H3,(H2,21,22,23,25). The molecule has 1 aromatic heterocycles. The molecule has 0 saturated heterocycles. The molecular formula is C20H20N4O. The van der Waals surface area contributed by atoms with Gasteiger partial charge in [0.15, 0.2) is 0 Å². The van der Waals surface area contributed by atoms with E-state index < -0.39 is 0 Å². The second-order valence-corrected chi connectivity index (χ2v) is 6.43. The Morgan fingerprint density at radius 3 is 2.88 bits per heavy atom. The van der Waals surface area contributed by atoms with Gasteiger partial charge in [0.25, 0.3) is 0 Å². The van der Waals surface area contributed by atoms with Crippen molar-refractivity contribution in [2.75, 3.05) is 24.2 Å². The molecule has 25 heavy (non-hydrogen) atoms. The molecule has 0 fully saturated rings. The van der Waals surface area contributed by atoms with Crippen LogP contribution in [0.4, 0.5) is 16.2 Å². The van der Waals surface area contributed by atoms with Crippen molar-refractivity contribution in [3.05, 3.63) is 65.9 Å². The highest BCUT2D eigenvalue weighted by molar-refractivity contribution is 6.05. The Morgan fingerprint density at radius 2 is 1.96 bits per heavy atom. The zero-order valence-electron chi connectivity index (χ0n) is 14.1. The van der Waals surface area contributed by atoms with E-state index in [0.29, 0.717) is 0 Å². The van der Waals surface area contributed by atoms with Crippen LogP contribution < -0.4 is 10.6 Å². The number of amides is 2. The highest BCUT2D eigenvalue weighted by Gasteiger charge is 2.14. The molecule has 0 atom stereocenters. The molecule has 2 N–H and O–H groups in total. The van der Waals surface area contributed by atoms with Gasteiger partial charge in [0.1, 0.15) is 0 Å². The molecule has 3 aromatic rings. The summed E-state index contributed by atoms with van der Waals surface area (Å²) in [5.41, 5.74) is 5.06.